The fraction of sp³-hybridized carbons (Fsp3) is 0. The van der Waals surface area contributed by atoms with E-state index in [1.807, 2.05) is 11.4 Å². The van der Waals surface area contributed by atoms with E-state index in [-0.39, 0.29) is 5.95 Å². The Bertz CT molecular complexity index is 355. The molecule has 0 fully saturated rings. The maximum Gasteiger partial charge on any atom is 0.230 e. The number of nitrogens with zero attached hydrogens (tertiary/aromatic N) is 1. The van der Waals surface area contributed by atoms with Crippen molar-refractivity contribution in [1.82, 2.24) is 4.98 Å². The van der Waals surface area contributed by atoms with E-state index in [2.05, 4.69) is 4.98 Å². The molecule has 0 amide bonds. The van der Waals surface area contributed by atoms with Crippen LogP contribution in [-0.2, 0) is 0 Å². The van der Waals surface area contributed by atoms with Crippen LogP contribution in [-0.4, -0.2) is 4.98 Å². The Kier molecular flexibility index (Phi) is 1.17. The lowest BCUT2D eigenvalue weighted by molar-refractivity contribution is 0.598. The molecule has 0 N–H and O–H groups in total. The summed E-state index contributed by atoms with van der Waals surface area (Å²) in [4.78, 5) is 3.52. The van der Waals surface area contributed by atoms with E-state index in [0.29, 0.717) is 4.70 Å². The van der Waals surface area contributed by atoms with Gasteiger partial charge in [-0.15, -0.1) is 11.3 Å². The summed E-state index contributed by atoms with van der Waals surface area (Å²) in [6.45, 7) is 0. The predicted octanol–water partition coefficient (Wildman–Crippen LogP) is 2.44. The molecule has 0 saturated heterocycles. The Balaban J connectivity index is 2.95. The van der Waals surface area contributed by atoms with Crippen molar-refractivity contribution in [3.63, 3.8) is 0 Å². The van der Waals surface area contributed by atoms with Gasteiger partial charge in [0.15, 0.2) is 0 Å². The maximum absolute atomic E-state index is 12.7. The first-order valence-electron chi connectivity index (χ1n) is 2.85. The molecule has 0 aliphatic heterocycles. The zero-order valence-electron chi connectivity index (χ0n) is 5.04. The smallest absolute Gasteiger partial charge is 0.227 e. The fourth-order valence-electron chi connectivity index (χ4n) is 0.860. The van der Waals surface area contributed by atoms with Crippen LogP contribution in [0.1, 0.15) is 0 Å². The molecular weight excluding hydrogens is 149 g/mol. The van der Waals surface area contributed by atoms with Crippen molar-refractivity contribution in [2.24, 2.45) is 0 Å². The number of hydrogen-bond acceptors (Lipinski definition) is 2. The van der Waals surface area contributed by atoms with Crippen LogP contribution in [0.4, 0.5) is 4.39 Å². The zero-order chi connectivity index (χ0) is 6.97. The summed E-state index contributed by atoms with van der Waals surface area (Å²) in [5.41, 5.74) is 0. The van der Waals surface area contributed by atoms with E-state index in [1.54, 1.807) is 6.07 Å². The summed E-state index contributed by atoms with van der Waals surface area (Å²) < 4.78 is 13.4. The fourth-order valence-corrected chi connectivity index (χ4v) is 1.63. The minimum atomic E-state index is -0.368. The van der Waals surface area contributed by atoms with E-state index in [1.165, 1.54) is 17.5 Å². The molecule has 2 heterocycles. The van der Waals surface area contributed by atoms with E-state index >= 15 is 0 Å². The quantitative estimate of drug-likeness (QED) is 0.530. The molecule has 0 spiro atoms. The van der Waals surface area contributed by atoms with Crippen LogP contribution in [0, 0.1) is 5.95 Å². The zero-order valence-corrected chi connectivity index (χ0v) is 5.86. The van der Waals surface area contributed by atoms with E-state index < -0.39 is 0 Å². The van der Waals surface area contributed by atoms with Crippen molar-refractivity contribution >= 4 is 21.4 Å². The maximum atomic E-state index is 12.7. The molecule has 0 saturated carbocycles. The average molecular weight is 153 g/mol. The predicted molar refractivity (Wildman–Crippen MR) is 39.6 cm³/mol. The van der Waals surface area contributed by atoms with Gasteiger partial charge in [0, 0.05) is 6.20 Å². The van der Waals surface area contributed by atoms with Gasteiger partial charge < -0.3 is 0 Å². The van der Waals surface area contributed by atoms with Gasteiger partial charge >= 0.3 is 0 Å². The molecule has 2 aromatic heterocycles. The number of thiophene rings is 1. The van der Waals surface area contributed by atoms with Gasteiger partial charge in [-0.1, -0.05) is 0 Å². The lowest BCUT2D eigenvalue weighted by atomic mass is 10.3. The Morgan fingerprint density at radius 3 is 3.10 bits per heavy atom. The average Bonchev–Trinajstić information content (AvgIpc) is 2.36. The summed E-state index contributed by atoms with van der Waals surface area (Å²) in [5.74, 6) is -0.368. The van der Waals surface area contributed by atoms with Crippen molar-refractivity contribution in [3.8, 4) is 0 Å². The van der Waals surface area contributed by atoms with Crippen molar-refractivity contribution in [1.29, 1.82) is 0 Å². The Labute approximate surface area is 61.1 Å². The normalized spacial score (nSPS) is 10.5. The van der Waals surface area contributed by atoms with Gasteiger partial charge in [0.05, 0.1) is 4.70 Å². The highest BCUT2D eigenvalue weighted by molar-refractivity contribution is 7.17. The molecule has 0 aliphatic carbocycles. The lowest BCUT2D eigenvalue weighted by Crippen LogP contribution is -1.77. The highest BCUT2D eigenvalue weighted by atomic mass is 32.1. The number of fused-ring (bicyclic) bond motifs is 1. The third-order valence-electron chi connectivity index (χ3n) is 1.33. The molecule has 0 aliphatic rings. The molecule has 50 valence electrons. The van der Waals surface area contributed by atoms with Crippen LogP contribution < -0.4 is 0 Å². The van der Waals surface area contributed by atoms with Gasteiger partial charge in [0.2, 0.25) is 5.95 Å². The number of halogens is 1. The third-order valence-corrected chi connectivity index (χ3v) is 2.24. The molecule has 0 aromatic carbocycles. The first-order chi connectivity index (χ1) is 4.88. The summed E-state index contributed by atoms with van der Waals surface area (Å²) in [7, 11) is 0. The molecule has 0 unspecified atom stereocenters. The molecular formula is C7H4FNS. The first-order valence-corrected chi connectivity index (χ1v) is 3.73. The van der Waals surface area contributed by atoms with Crippen molar-refractivity contribution < 1.29 is 4.39 Å². The summed E-state index contributed by atoms with van der Waals surface area (Å²) >= 11 is 1.38. The molecule has 0 atom stereocenters. The van der Waals surface area contributed by atoms with Gasteiger partial charge in [0.1, 0.15) is 0 Å². The minimum absolute atomic E-state index is 0.368. The SMILES string of the molecule is Fc1nccc2ccsc12. The standard InChI is InChI=1S/C7H4FNS/c8-7-6-5(1-3-9-7)2-4-10-6/h1-4H. The summed E-state index contributed by atoms with van der Waals surface area (Å²) in [6.07, 6.45) is 1.48. The molecule has 3 heteroatoms. The third kappa shape index (κ3) is 0.708. The largest absolute Gasteiger partial charge is 0.230 e. The topological polar surface area (TPSA) is 12.9 Å². The molecule has 1 nitrogen and oxygen atoms in total. The number of hydrogen-bond donors (Lipinski definition) is 0. The molecule has 0 radical (unpaired) electrons. The highest BCUT2D eigenvalue weighted by Gasteiger charge is 1.99. The lowest BCUT2D eigenvalue weighted by Gasteiger charge is -1.86. The number of rotatable bonds is 0. The van der Waals surface area contributed by atoms with Crippen LogP contribution in [0.5, 0.6) is 0 Å². The second kappa shape index (κ2) is 2.02. The highest BCUT2D eigenvalue weighted by Crippen LogP contribution is 2.21. The molecule has 2 rings (SSSR count). The molecule has 10 heavy (non-hydrogen) atoms. The van der Waals surface area contributed by atoms with Crippen LogP contribution in [0.15, 0.2) is 23.7 Å². The second-order valence-electron chi connectivity index (χ2n) is 1.94. The number of pyridine rings is 1. The van der Waals surface area contributed by atoms with Gasteiger partial charge in [0.25, 0.3) is 0 Å². The Morgan fingerprint density at radius 2 is 2.30 bits per heavy atom. The first kappa shape index (κ1) is 5.80. The summed E-state index contributed by atoms with van der Waals surface area (Å²) in [5, 5.41) is 2.78. The summed E-state index contributed by atoms with van der Waals surface area (Å²) in [6, 6.07) is 3.68. The van der Waals surface area contributed by atoms with Gasteiger partial charge in [-0.3, -0.25) is 0 Å². The van der Waals surface area contributed by atoms with Gasteiger partial charge in [-0.2, -0.15) is 4.39 Å². The minimum Gasteiger partial charge on any atom is -0.227 e. The van der Waals surface area contributed by atoms with E-state index in [4.69, 9.17) is 0 Å². The second-order valence-corrected chi connectivity index (χ2v) is 2.86. The van der Waals surface area contributed by atoms with Gasteiger partial charge in [-0.05, 0) is 22.9 Å². The molecule has 0 bridgehead atoms. The number of aromatic nitrogens is 1. The Hall–Kier alpha value is -0.960. The van der Waals surface area contributed by atoms with Crippen molar-refractivity contribution in [2.75, 3.05) is 0 Å². The van der Waals surface area contributed by atoms with Crippen LogP contribution in [0.3, 0.4) is 0 Å². The van der Waals surface area contributed by atoms with Crippen LogP contribution in [0.25, 0.3) is 10.1 Å². The van der Waals surface area contributed by atoms with Gasteiger partial charge in [-0.25, -0.2) is 4.98 Å². The molecule has 2 aromatic rings. The van der Waals surface area contributed by atoms with E-state index in [9.17, 15) is 4.39 Å². The van der Waals surface area contributed by atoms with Crippen molar-refractivity contribution in [3.05, 3.63) is 29.7 Å². The van der Waals surface area contributed by atoms with Crippen LogP contribution >= 0.6 is 11.3 Å². The van der Waals surface area contributed by atoms with Crippen LogP contribution in [0.2, 0.25) is 0 Å². The van der Waals surface area contributed by atoms with Crippen molar-refractivity contribution in [2.45, 2.75) is 0 Å². The van der Waals surface area contributed by atoms with E-state index in [0.717, 1.165) is 5.39 Å². The Morgan fingerprint density at radius 1 is 1.40 bits per heavy atom. The monoisotopic (exact) mass is 153 g/mol.